The molecule has 0 fully saturated rings. The lowest BCUT2D eigenvalue weighted by molar-refractivity contribution is -0.118. The first kappa shape index (κ1) is 19.2. The van der Waals surface area contributed by atoms with Crippen LogP contribution in [0.25, 0.3) is 10.2 Å². The van der Waals surface area contributed by atoms with Crippen molar-refractivity contribution >= 4 is 32.6 Å². The van der Waals surface area contributed by atoms with Crippen molar-refractivity contribution in [1.29, 1.82) is 0 Å². The number of hydrogen-bond acceptors (Lipinski definition) is 4. The number of hydrogen-bond donors (Lipinski definition) is 0. The molecule has 0 atom stereocenters. The molecule has 6 heteroatoms. The average molecular weight is 405 g/mol. The van der Waals surface area contributed by atoms with E-state index in [-0.39, 0.29) is 18.1 Å². The Morgan fingerprint density at radius 1 is 1.10 bits per heavy atom. The lowest BCUT2D eigenvalue weighted by atomic mass is 10.1. The molecule has 0 saturated carbocycles. The number of amides is 1. The summed E-state index contributed by atoms with van der Waals surface area (Å²) < 4.78 is 14.3. The van der Waals surface area contributed by atoms with Crippen LogP contribution in [0.5, 0.6) is 0 Å². The summed E-state index contributed by atoms with van der Waals surface area (Å²) in [7, 11) is 0. The number of aromatic nitrogens is 2. The molecule has 0 spiro atoms. The molecule has 4 aromatic rings. The third-order valence-electron chi connectivity index (χ3n) is 4.66. The number of nitrogens with zero attached hydrogens (tertiary/aromatic N) is 3. The van der Waals surface area contributed by atoms with Gasteiger partial charge in [-0.25, -0.2) is 9.37 Å². The topological polar surface area (TPSA) is 46.1 Å². The molecule has 29 heavy (non-hydrogen) atoms. The van der Waals surface area contributed by atoms with Crippen molar-refractivity contribution in [2.45, 2.75) is 26.8 Å². The zero-order valence-corrected chi connectivity index (χ0v) is 17.0. The Bertz CT molecular complexity index is 1160. The number of fused-ring (bicyclic) bond motifs is 1. The lowest BCUT2D eigenvalue weighted by Crippen LogP contribution is -2.32. The van der Waals surface area contributed by atoms with E-state index in [0.717, 1.165) is 32.6 Å². The molecule has 0 aliphatic carbocycles. The Kier molecular flexibility index (Phi) is 5.36. The predicted octanol–water partition coefficient (Wildman–Crippen LogP) is 5.22. The third kappa shape index (κ3) is 4.32. The van der Waals surface area contributed by atoms with E-state index in [0.29, 0.717) is 11.7 Å². The lowest BCUT2D eigenvalue weighted by Gasteiger charge is -2.19. The van der Waals surface area contributed by atoms with Crippen LogP contribution in [0.4, 0.5) is 9.52 Å². The minimum absolute atomic E-state index is 0.101. The van der Waals surface area contributed by atoms with Gasteiger partial charge in [0.2, 0.25) is 5.91 Å². The van der Waals surface area contributed by atoms with Crippen LogP contribution in [-0.4, -0.2) is 15.9 Å². The normalized spacial score (nSPS) is 11.0. The summed E-state index contributed by atoms with van der Waals surface area (Å²) in [4.78, 5) is 24.0. The number of anilines is 1. The summed E-state index contributed by atoms with van der Waals surface area (Å²) in [5.41, 5.74) is 4.72. The first-order valence-electron chi connectivity index (χ1n) is 9.32. The maximum absolute atomic E-state index is 13.2. The van der Waals surface area contributed by atoms with Crippen LogP contribution >= 0.6 is 11.3 Å². The van der Waals surface area contributed by atoms with E-state index in [4.69, 9.17) is 4.98 Å². The Balaban J connectivity index is 1.70. The highest BCUT2D eigenvalue weighted by molar-refractivity contribution is 7.22. The van der Waals surface area contributed by atoms with E-state index in [1.165, 1.54) is 23.5 Å². The first-order valence-corrected chi connectivity index (χ1v) is 10.1. The van der Waals surface area contributed by atoms with Crippen LogP contribution < -0.4 is 4.90 Å². The largest absolute Gasteiger partial charge is 0.282 e. The molecule has 4 nitrogen and oxygen atoms in total. The Labute approximate surface area is 172 Å². The fraction of sp³-hybridized carbons (Fsp3) is 0.174. The number of carbonyl (C=O) groups is 1. The van der Waals surface area contributed by atoms with E-state index >= 15 is 0 Å². The van der Waals surface area contributed by atoms with Gasteiger partial charge in [-0.15, -0.1) is 0 Å². The molecule has 2 heterocycles. The SMILES string of the molecule is Cc1cc(C)c2sc(N(Cc3ccccn3)C(=O)Cc3ccc(F)cc3)nc2c1. The smallest absolute Gasteiger partial charge is 0.233 e. The third-order valence-corrected chi connectivity index (χ3v) is 5.89. The maximum Gasteiger partial charge on any atom is 0.233 e. The summed E-state index contributed by atoms with van der Waals surface area (Å²) in [6, 6.07) is 15.8. The number of thiazole rings is 1. The molecule has 1 amide bonds. The van der Waals surface area contributed by atoms with Gasteiger partial charge in [-0.2, -0.15) is 0 Å². The standard InChI is InChI=1S/C23H20FN3OS/c1-15-11-16(2)22-20(12-15)26-23(29-22)27(14-19-5-3-4-10-25-19)21(28)13-17-6-8-18(24)9-7-17/h3-12H,13-14H2,1-2H3. The molecular formula is C23H20FN3OS. The van der Waals surface area contributed by atoms with E-state index in [1.54, 1.807) is 23.2 Å². The van der Waals surface area contributed by atoms with Crippen molar-refractivity contribution in [3.63, 3.8) is 0 Å². The molecule has 0 aliphatic heterocycles. The van der Waals surface area contributed by atoms with E-state index in [9.17, 15) is 9.18 Å². The van der Waals surface area contributed by atoms with Crippen LogP contribution in [-0.2, 0) is 17.8 Å². The fourth-order valence-electron chi connectivity index (χ4n) is 3.27. The molecule has 4 rings (SSSR count). The van der Waals surface area contributed by atoms with Crippen molar-refractivity contribution in [2.24, 2.45) is 0 Å². The van der Waals surface area contributed by atoms with Crippen LogP contribution in [0.1, 0.15) is 22.4 Å². The van der Waals surface area contributed by atoms with E-state index in [1.807, 2.05) is 31.2 Å². The molecule has 0 aliphatic rings. The van der Waals surface area contributed by atoms with Gasteiger partial charge in [0.1, 0.15) is 5.82 Å². The molecule has 0 N–H and O–H groups in total. The van der Waals surface area contributed by atoms with Gasteiger partial charge in [-0.05, 0) is 60.9 Å². The summed E-state index contributed by atoms with van der Waals surface area (Å²) in [6.07, 6.45) is 1.88. The van der Waals surface area contributed by atoms with Crippen LogP contribution in [0.15, 0.2) is 60.8 Å². The fourth-order valence-corrected chi connectivity index (χ4v) is 4.30. The zero-order chi connectivity index (χ0) is 20.4. The van der Waals surface area contributed by atoms with Crippen LogP contribution in [0, 0.1) is 19.7 Å². The first-order chi connectivity index (χ1) is 14.0. The van der Waals surface area contributed by atoms with Crippen molar-refractivity contribution in [1.82, 2.24) is 9.97 Å². The minimum Gasteiger partial charge on any atom is -0.282 e. The van der Waals surface area contributed by atoms with Crippen LogP contribution in [0.3, 0.4) is 0 Å². The summed E-state index contributed by atoms with van der Waals surface area (Å²) in [5, 5.41) is 0.645. The number of carbonyl (C=O) groups excluding carboxylic acids is 1. The van der Waals surface area contributed by atoms with Gasteiger partial charge < -0.3 is 0 Å². The molecule has 0 radical (unpaired) electrons. The monoisotopic (exact) mass is 405 g/mol. The van der Waals surface area contributed by atoms with E-state index < -0.39 is 0 Å². The van der Waals surface area contributed by atoms with Gasteiger partial charge in [0.05, 0.1) is 28.9 Å². The van der Waals surface area contributed by atoms with Gasteiger partial charge in [0, 0.05) is 6.20 Å². The van der Waals surface area contributed by atoms with Crippen molar-refractivity contribution in [3.8, 4) is 0 Å². The molecule has 0 bridgehead atoms. The Hall–Kier alpha value is -3.12. The predicted molar refractivity (Wildman–Crippen MR) is 115 cm³/mol. The van der Waals surface area contributed by atoms with Crippen molar-refractivity contribution in [2.75, 3.05) is 4.90 Å². The number of rotatable bonds is 5. The molecule has 0 saturated heterocycles. The number of benzene rings is 2. The van der Waals surface area contributed by atoms with Gasteiger partial charge in [-0.3, -0.25) is 14.7 Å². The summed E-state index contributed by atoms with van der Waals surface area (Å²) in [5.74, 6) is -0.417. The number of aryl methyl sites for hydroxylation is 2. The van der Waals surface area contributed by atoms with Crippen LogP contribution in [0.2, 0.25) is 0 Å². The number of pyridine rings is 1. The highest BCUT2D eigenvalue weighted by Gasteiger charge is 2.21. The Morgan fingerprint density at radius 3 is 2.62 bits per heavy atom. The zero-order valence-electron chi connectivity index (χ0n) is 16.2. The van der Waals surface area contributed by atoms with Gasteiger partial charge in [0.25, 0.3) is 0 Å². The quantitative estimate of drug-likeness (QED) is 0.457. The van der Waals surface area contributed by atoms with Gasteiger partial charge >= 0.3 is 0 Å². The highest BCUT2D eigenvalue weighted by Crippen LogP contribution is 2.33. The highest BCUT2D eigenvalue weighted by atomic mass is 32.1. The van der Waals surface area contributed by atoms with Gasteiger partial charge in [-0.1, -0.05) is 35.6 Å². The molecule has 2 aromatic carbocycles. The maximum atomic E-state index is 13.2. The van der Waals surface area contributed by atoms with Crippen molar-refractivity contribution in [3.05, 3.63) is 89.0 Å². The molecular weight excluding hydrogens is 385 g/mol. The van der Waals surface area contributed by atoms with Gasteiger partial charge in [0.15, 0.2) is 5.13 Å². The summed E-state index contributed by atoms with van der Waals surface area (Å²) in [6.45, 7) is 4.43. The second-order valence-electron chi connectivity index (χ2n) is 7.03. The molecule has 2 aromatic heterocycles. The second kappa shape index (κ2) is 8.09. The molecule has 0 unspecified atom stereocenters. The second-order valence-corrected chi connectivity index (χ2v) is 8.01. The number of halogens is 1. The summed E-state index contributed by atoms with van der Waals surface area (Å²) >= 11 is 1.51. The average Bonchev–Trinajstić information content (AvgIpc) is 3.12. The van der Waals surface area contributed by atoms with Crippen molar-refractivity contribution < 1.29 is 9.18 Å². The minimum atomic E-state index is -0.316. The Morgan fingerprint density at radius 2 is 1.90 bits per heavy atom. The molecule has 146 valence electrons. The van der Waals surface area contributed by atoms with E-state index in [2.05, 4.69) is 18.0 Å².